The predicted molar refractivity (Wildman–Crippen MR) is 72.5 cm³/mol. The number of halogens is 1. The number of hydrogen-bond donors (Lipinski definition) is 1. The lowest BCUT2D eigenvalue weighted by atomic mass is 10.0. The van der Waals surface area contributed by atoms with E-state index in [0.29, 0.717) is 6.04 Å². The van der Waals surface area contributed by atoms with E-state index < -0.39 is 0 Å². The van der Waals surface area contributed by atoms with Crippen LogP contribution in [0.15, 0.2) is 15.9 Å². The predicted octanol–water partition coefficient (Wildman–Crippen LogP) is 4.60. The molecule has 1 aromatic rings. The van der Waals surface area contributed by atoms with Crippen LogP contribution in [0.3, 0.4) is 0 Å². The Bertz CT molecular complexity index is 283. The molecule has 0 aromatic carbocycles. The van der Waals surface area contributed by atoms with E-state index >= 15 is 0 Å². The van der Waals surface area contributed by atoms with Gasteiger partial charge in [0, 0.05) is 15.4 Å². The van der Waals surface area contributed by atoms with Crippen molar-refractivity contribution in [1.82, 2.24) is 5.32 Å². The van der Waals surface area contributed by atoms with Gasteiger partial charge >= 0.3 is 0 Å². The molecule has 15 heavy (non-hydrogen) atoms. The third-order valence-electron chi connectivity index (χ3n) is 2.44. The fourth-order valence-electron chi connectivity index (χ4n) is 1.63. The maximum absolute atomic E-state index is 3.61. The van der Waals surface area contributed by atoms with Crippen LogP contribution in [0.4, 0.5) is 0 Å². The van der Waals surface area contributed by atoms with Gasteiger partial charge < -0.3 is 5.32 Å². The number of nitrogens with one attached hydrogen (secondary N) is 1. The van der Waals surface area contributed by atoms with Gasteiger partial charge in [0.05, 0.1) is 0 Å². The maximum atomic E-state index is 3.61. The summed E-state index contributed by atoms with van der Waals surface area (Å²) in [5, 5.41) is 5.71. The molecule has 1 nitrogen and oxygen atoms in total. The van der Waals surface area contributed by atoms with Crippen LogP contribution in [-0.4, -0.2) is 6.54 Å². The van der Waals surface area contributed by atoms with Crippen LogP contribution in [0.5, 0.6) is 0 Å². The standard InChI is InChI=1S/C12H20BrNS/c1-4-14-11(6-5-9(2)3)12-10(13)7-8-15-12/h7-9,11,14H,4-6H2,1-3H3. The SMILES string of the molecule is CCNC(CCC(C)C)c1sccc1Br. The zero-order valence-corrected chi connectivity index (χ0v) is 12.1. The monoisotopic (exact) mass is 289 g/mol. The molecule has 0 bridgehead atoms. The van der Waals surface area contributed by atoms with Crippen LogP contribution < -0.4 is 5.32 Å². The summed E-state index contributed by atoms with van der Waals surface area (Å²) in [5.41, 5.74) is 0. The first-order valence-corrected chi connectivity index (χ1v) is 7.28. The van der Waals surface area contributed by atoms with E-state index in [1.165, 1.54) is 22.2 Å². The summed E-state index contributed by atoms with van der Waals surface area (Å²) < 4.78 is 1.25. The van der Waals surface area contributed by atoms with Crippen molar-refractivity contribution >= 4 is 27.3 Å². The highest BCUT2D eigenvalue weighted by molar-refractivity contribution is 9.10. The topological polar surface area (TPSA) is 12.0 Å². The number of rotatable bonds is 6. The quantitative estimate of drug-likeness (QED) is 0.807. The van der Waals surface area contributed by atoms with Gasteiger partial charge in [0.2, 0.25) is 0 Å². The first-order valence-electron chi connectivity index (χ1n) is 5.61. The van der Waals surface area contributed by atoms with E-state index in [-0.39, 0.29) is 0 Å². The molecule has 0 amide bonds. The van der Waals surface area contributed by atoms with Crippen LogP contribution in [-0.2, 0) is 0 Å². The van der Waals surface area contributed by atoms with Crippen molar-refractivity contribution in [3.63, 3.8) is 0 Å². The first-order chi connectivity index (χ1) is 7.15. The summed E-state index contributed by atoms with van der Waals surface area (Å²) in [7, 11) is 0. The Morgan fingerprint density at radius 3 is 2.60 bits per heavy atom. The van der Waals surface area contributed by atoms with Crippen LogP contribution in [0.1, 0.15) is 44.5 Å². The first kappa shape index (κ1) is 13.2. The van der Waals surface area contributed by atoms with Crippen LogP contribution >= 0.6 is 27.3 Å². The van der Waals surface area contributed by atoms with Gasteiger partial charge in [0.1, 0.15) is 0 Å². The molecular weight excluding hydrogens is 270 g/mol. The van der Waals surface area contributed by atoms with Gasteiger partial charge in [-0.1, -0.05) is 20.8 Å². The van der Waals surface area contributed by atoms with Crippen molar-refractivity contribution in [1.29, 1.82) is 0 Å². The Morgan fingerprint density at radius 1 is 1.40 bits per heavy atom. The molecule has 86 valence electrons. The average molecular weight is 290 g/mol. The molecule has 1 N–H and O–H groups in total. The fourth-order valence-corrected chi connectivity index (χ4v) is 3.39. The third kappa shape index (κ3) is 4.25. The number of hydrogen-bond acceptors (Lipinski definition) is 2. The molecule has 0 aliphatic carbocycles. The normalized spacial score (nSPS) is 13.4. The van der Waals surface area contributed by atoms with Crippen molar-refractivity contribution < 1.29 is 0 Å². The maximum Gasteiger partial charge on any atom is 0.0426 e. The summed E-state index contributed by atoms with van der Waals surface area (Å²) >= 11 is 5.45. The van der Waals surface area contributed by atoms with Gasteiger partial charge in [0.25, 0.3) is 0 Å². The summed E-state index contributed by atoms with van der Waals surface area (Å²) in [5.74, 6) is 0.782. The van der Waals surface area contributed by atoms with Gasteiger partial charge in [-0.3, -0.25) is 0 Å². The Labute approximate surface area is 105 Å². The minimum Gasteiger partial charge on any atom is -0.309 e. The lowest BCUT2D eigenvalue weighted by Crippen LogP contribution is -2.20. The molecule has 1 atom stereocenters. The molecule has 0 spiro atoms. The van der Waals surface area contributed by atoms with Gasteiger partial charge in [0.15, 0.2) is 0 Å². The van der Waals surface area contributed by atoms with Crippen LogP contribution in [0.25, 0.3) is 0 Å². The largest absolute Gasteiger partial charge is 0.309 e. The highest BCUT2D eigenvalue weighted by atomic mass is 79.9. The van der Waals surface area contributed by atoms with E-state index in [4.69, 9.17) is 0 Å². The van der Waals surface area contributed by atoms with Gasteiger partial charge in [-0.2, -0.15) is 0 Å². The molecular formula is C12H20BrNS. The molecule has 1 heterocycles. The van der Waals surface area contributed by atoms with Crippen molar-refractivity contribution in [2.75, 3.05) is 6.54 Å². The van der Waals surface area contributed by atoms with Crippen molar-refractivity contribution in [3.8, 4) is 0 Å². The highest BCUT2D eigenvalue weighted by Gasteiger charge is 2.14. The van der Waals surface area contributed by atoms with E-state index in [9.17, 15) is 0 Å². The second-order valence-corrected chi connectivity index (χ2v) is 6.02. The molecule has 0 fully saturated rings. The van der Waals surface area contributed by atoms with Crippen molar-refractivity contribution in [3.05, 3.63) is 20.8 Å². The summed E-state index contributed by atoms with van der Waals surface area (Å²) in [6.07, 6.45) is 2.51. The Morgan fingerprint density at radius 2 is 2.13 bits per heavy atom. The Hall–Kier alpha value is 0.140. The van der Waals surface area contributed by atoms with Crippen molar-refractivity contribution in [2.45, 2.75) is 39.7 Å². The van der Waals surface area contributed by atoms with Crippen LogP contribution in [0, 0.1) is 5.92 Å². The summed E-state index contributed by atoms with van der Waals surface area (Å²) in [4.78, 5) is 1.44. The second kappa shape index (κ2) is 6.66. The summed E-state index contributed by atoms with van der Waals surface area (Å²) in [6, 6.07) is 2.66. The van der Waals surface area contributed by atoms with Gasteiger partial charge in [-0.05, 0) is 52.7 Å². The minimum absolute atomic E-state index is 0.520. The Balaban J connectivity index is 2.61. The lowest BCUT2D eigenvalue weighted by Gasteiger charge is -2.18. The zero-order chi connectivity index (χ0) is 11.3. The molecule has 3 heteroatoms. The smallest absolute Gasteiger partial charge is 0.0426 e. The van der Waals surface area contributed by atoms with E-state index in [1.54, 1.807) is 0 Å². The van der Waals surface area contributed by atoms with Gasteiger partial charge in [-0.15, -0.1) is 11.3 Å². The third-order valence-corrected chi connectivity index (χ3v) is 4.43. The van der Waals surface area contributed by atoms with E-state index in [0.717, 1.165) is 12.5 Å². The fraction of sp³-hybridized carbons (Fsp3) is 0.667. The van der Waals surface area contributed by atoms with E-state index in [2.05, 4.69) is 53.5 Å². The molecule has 0 radical (unpaired) electrons. The molecule has 1 unspecified atom stereocenters. The zero-order valence-electron chi connectivity index (χ0n) is 9.72. The lowest BCUT2D eigenvalue weighted by molar-refractivity contribution is 0.452. The molecule has 0 saturated carbocycles. The van der Waals surface area contributed by atoms with Crippen LogP contribution in [0.2, 0.25) is 0 Å². The molecule has 0 saturated heterocycles. The van der Waals surface area contributed by atoms with E-state index in [1.807, 2.05) is 11.3 Å². The van der Waals surface area contributed by atoms with Gasteiger partial charge in [-0.25, -0.2) is 0 Å². The number of thiophene rings is 1. The Kier molecular flexibility index (Phi) is 5.87. The highest BCUT2D eigenvalue weighted by Crippen LogP contribution is 2.32. The summed E-state index contributed by atoms with van der Waals surface area (Å²) in [6.45, 7) is 7.77. The molecule has 0 aliphatic heterocycles. The molecule has 0 aliphatic rings. The minimum atomic E-state index is 0.520. The molecule has 1 aromatic heterocycles. The average Bonchev–Trinajstić information content (AvgIpc) is 2.59. The second-order valence-electron chi connectivity index (χ2n) is 4.21. The molecule has 1 rings (SSSR count). The van der Waals surface area contributed by atoms with Crippen molar-refractivity contribution in [2.24, 2.45) is 5.92 Å².